The molecule has 1 aromatic heterocycles. The highest BCUT2D eigenvalue weighted by molar-refractivity contribution is 5.46. The fourth-order valence-electron chi connectivity index (χ4n) is 1.94. The van der Waals surface area contributed by atoms with Gasteiger partial charge in [0.05, 0.1) is 6.61 Å². The summed E-state index contributed by atoms with van der Waals surface area (Å²) in [6.45, 7) is 6.24. The van der Waals surface area contributed by atoms with Crippen LogP contribution in [0, 0.1) is 5.92 Å². The molecule has 2 rings (SSSR count). The third kappa shape index (κ3) is 3.81. The van der Waals surface area contributed by atoms with Gasteiger partial charge in [-0.2, -0.15) is 0 Å². The van der Waals surface area contributed by atoms with E-state index in [1.54, 1.807) is 0 Å². The summed E-state index contributed by atoms with van der Waals surface area (Å²) in [7, 11) is 0. The molecule has 0 spiro atoms. The molecule has 0 saturated heterocycles. The van der Waals surface area contributed by atoms with Crippen LogP contribution in [0.15, 0.2) is 28.7 Å². The molecule has 0 unspecified atom stereocenters. The van der Waals surface area contributed by atoms with E-state index in [1.807, 2.05) is 31.2 Å². The SMILES string of the molecule is CC(C)Cc1nnc([C@H](C)Nc2cccc(CO)c2)o1. The minimum Gasteiger partial charge on any atom is -0.423 e. The summed E-state index contributed by atoms with van der Waals surface area (Å²) in [5.74, 6) is 1.75. The van der Waals surface area contributed by atoms with Crippen LogP contribution in [0.3, 0.4) is 0 Å². The number of aliphatic hydroxyl groups is 1. The maximum atomic E-state index is 9.13. The van der Waals surface area contributed by atoms with Gasteiger partial charge in [-0.25, -0.2) is 0 Å². The van der Waals surface area contributed by atoms with Crippen LogP contribution in [0.1, 0.15) is 44.2 Å². The van der Waals surface area contributed by atoms with Gasteiger partial charge in [-0.15, -0.1) is 10.2 Å². The lowest BCUT2D eigenvalue weighted by atomic mass is 10.1. The van der Waals surface area contributed by atoms with E-state index in [-0.39, 0.29) is 12.6 Å². The largest absolute Gasteiger partial charge is 0.423 e. The second-order valence-corrected chi connectivity index (χ2v) is 5.36. The molecule has 1 aromatic carbocycles. The monoisotopic (exact) mass is 275 g/mol. The summed E-state index contributed by atoms with van der Waals surface area (Å²) in [5.41, 5.74) is 1.79. The fraction of sp³-hybridized carbons (Fsp3) is 0.467. The number of rotatable bonds is 6. The Labute approximate surface area is 119 Å². The molecular formula is C15H21N3O2. The first-order chi connectivity index (χ1) is 9.58. The molecule has 108 valence electrons. The van der Waals surface area contributed by atoms with Crippen LogP contribution in [0.2, 0.25) is 0 Å². The molecule has 20 heavy (non-hydrogen) atoms. The highest BCUT2D eigenvalue weighted by Gasteiger charge is 2.14. The third-order valence-corrected chi connectivity index (χ3v) is 2.93. The molecule has 5 heteroatoms. The van der Waals surface area contributed by atoms with Crippen molar-refractivity contribution in [3.63, 3.8) is 0 Å². The van der Waals surface area contributed by atoms with Gasteiger partial charge >= 0.3 is 0 Å². The fourth-order valence-corrected chi connectivity index (χ4v) is 1.94. The Morgan fingerprint density at radius 3 is 2.75 bits per heavy atom. The van der Waals surface area contributed by atoms with Crippen LogP contribution in [-0.2, 0) is 13.0 Å². The molecule has 2 aromatic rings. The highest BCUT2D eigenvalue weighted by Crippen LogP contribution is 2.20. The van der Waals surface area contributed by atoms with E-state index in [9.17, 15) is 0 Å². The first-order valence-electron chi connectivity index (χ1n) is 6.87. The van der Waals surface area contributed by atoms with Crippen molar-refractivity contribution in [2.45, 2.75) is 39.8 Å². The lowest BCUT2D eigenvalue weighted by molar-refractivity contribution is 0.282. The Morgan fingerprint density at radius 2 is 2.05 bits per heavy atom. The number of hydrogen-bond acceptors (Lipinski definition) is 5. The van der Waals surface area contributed by atoms with Crippen molar-refractivity contribution in [1.29, 1.82) is 0 Å². The van der Waals surface area contributed by atoms with Gasteiger partial charge in [-0.1, -0.05) is 26.0 Å². The zero-order valence-corrected chi connectivity index (χ0v) is 12.1. The first-order valence-corrected chi connectivity index (χ1v) is 6.87. The van der Waals surface area contributed by atoms with Gasteiger partial charge < -0.3 is 14.8 Å². The second-order valence-electron chi connectivity index (χ2n) is 5.36. The average Bonchev–Trinajstić information content (AvgIpc) is 2.86. The summed E-state index contributed by atoms with van der Waals surface area (Å²) in [4.78, 5) is 0. The minimum atomic E-state index is -0.0719. The molecule has 2 N–H and O–H groups in total. The number of hydrogen-bond donors (Lipinski definition) is 2. The molecule has 0 fully saturated rings. The number of aliphatic hydroxyl groups excluding tert-OH is 1. The molecule has 0 radical (unpaired) electrons. The number of benzene rings is 1. The van der Waals surface area contributed by atoms with Crippen molar-refractivity contribution in [2.75, 3.05) is 5.32 Å². The lowest BCUT2D eigenvalue weighted by Crippen LogP contribution is -2.07. The van der Waals surface area contributed by atoms with Gasteiger partial charge in [-0.3, -0.25) is 0 Å². The molecule has 0 aliphatic heterocycles. The van der Waals surface area contributed by atoms with Gasteiger partial charge in [0.15, 0.2) is 0 Å². The molecule has 0 saturated carbocycles. The smallest absolute Gasteiger partial charge is 0.238 e. The molecule has 0 aliphatic rings. The molecule has 0 amide bonds. The van der Waals surface area contributed by atoms with Crippen molar-refractivity contribution in [3.05, 3.63) is 41.6 Å². The maximum Gasteiger partial charge on any atom is 0.238 e. The van der Waals surface area contributed by atoms with E-state index in [0.29, 0.717) is 17.7 Å². The first kappa shape index (κ1) is 14.5. The minimum absolute atomic E-state index is 0.0307. The van der Waals surface area contributed by atoms with E-state index in [0.717, 1.165) is 17.7 Å². The number of nitrogens with zero attached hydrogens (tertiary/aromatic N) is 2. The molecular weight excluding hydrogens is 254 g/mol. The number of aromatic nitrogens is 2. The van der Waals surface area contributed by atoms with Gasteiger partial charge in [0, 0.05) is 12.1 Å². The average molecular weight is 275 g/mol. The van der Waals surface area contributed by atoms with Gasteiger partial charge in [0.2, 0.25) is 11.8 Å². The van der Waals surface area contributed by atoms with Gasteiger partial charge in [0.1, 0.15) is 6.04 Å². The van der Waals surface area contributed by atoms with Crippen molar-refractivity contribution in [2.24, 2.45) is 5.92 Å². The normalized spacial score (nSPS) is 12.7. The van der Waals surface area contributed by atoms with Crippen LogP contribution >= 0.6 is 0 Å². The van der Waals surface area contributed by atoms with E-state index in [1.165, 1.54) is 0 Å². The predicted octanol–water partition coefficient (Wildman–Crippen LogP) is 2.93. The van der Waals surface area contributed by atoms with Crippen LogP contribution in [0.25, 0.3) is 0 Å². The van der Waals surface area contributed by atoms with Crippen LogP contribution in [-0.4, -0.2) is 15.3 Å². The molecule has 5 nitrogen and oxygen atoms in total. The van der Waals surface area contributed by atoms with Crippen molar-refractivity contribution >= 4 is 5.69 Å². The summed E-state index contributed by atoms with van der Waals surface area (Å²) in [5, 5.41) is 20.6. The maximum absolute atomic E-state index is 9.13. The Balaban J connectivity index is 2.03. The standard InChI is InChI=1S/C15H21N3O2/c1-10(2)7-14-17-18-15(20-14)11(3)16-13-6-4-5-12(8-13)9-19/h4-6,8,10-11,16,19H,7,9H2,1-3H3/t11-/m0/s1. The lowest BCUT2D eigenvalue weighted by Gasteiger charge is -2.12. The van der Waals surface area contributed by atoms with Gasteiger partial charge in [-0.05, 0) is 30.5 Å². The molecule has 1 heterocycles. The van der Waals surface area contributed by atoms with Crippen molar-refractivity contribution in [1.82, 2.24) is 10.2 Å². The number of anilines is 1. The summed E-state index contributed by atoms with van der Waals surface area (Å²) in [6, 6.07) is 7.56. The Morgan fingerprint density at radius 1 is 1.25 bits per heavy atom. The van der Waals surface area contributed by atoms with Crippen molar-refractivity contribution < 1.29 is 9.52 Å². The van der Waals surface area contributed by atoms with Gasteiger partial charge in [0.25, 0.3) is 0 Å². The van der Waals surface area contributed by atoms with E-state index >= 15 is 0 Å². The summed E-state index contributed by atoms with van der Waals surface area (Å²) in [6.07, 6.45) is 0.791. The quantitative estimate of drug-likeness (QED) is 0.848. The Kier molecular flexibility index (Phi) is 4.74. The third-order valence-electron chi connectivity index (χ3n) is 2.93. The molecule has 1 atom stereocenters. The zero-order valence-electron chi connectivity index (χ0n) is 12.1. The van der Waals surface area contributed by atoms with E-state index in [2.05, 4.69) is 29.4 Å². The van der Waals surface area contributed by atoms with Crippen LogP contribution in [0.5, 0.6) is 0 Å². The van der Waals surface area contributed by atoms with Crippen molar-refractivity contribution in [3.8, 4) is 0 Å². The predicted molar refractivity (Wildman–Crippen MR) is 77.2 cm³/mol. The topological polar surface area (TPSA) is 71.2 Å². The van der Waals surface area contributed by atoms with Crippen LogP contribution < -0.4 is 5.32 Å². The molecule has 0 aliphatic carbocycles. The Bertz CT molecular complexity index is 552. The summed E-state index contributed by atoms with van der Waals surface area (Å²) < 4.78 is 5.65. The van der Waals surface area contributed by atoms with E-state index < -0.39 is 0 Å². The number of nitrogens with one attached hydrogen (secondary N) is 1. The van der Waals surface area contributed by atoms with Crippen LogP contribution in [0.4, 0.5) is 5.69 Å². The zero-order chi connectivity index (χ0) is 14.5. The molecule has 0 bridgehead atoms. The second kappa shape index (κ2) is 6.52. The van der Waals surface area contributed by atoms with E-state index in [4.69, 9.17) is 9.52 Å². The summed E-state index contributed by atoms with van der Waals surface area (Å²) >= 11 is 0. The Hall–Kier alpha value is -1.88. The highest BCUT2D eigenvalue weighted by atomic mass is 16.4.